The third-order valence-corrected chi connectivity index (χ3v) is 4.15. The number of carbonyl (C=O) groups excluding carboxylic acids is 1. The first kappa shape index (κ1) is 12.7. The van der Waals surface area contributed by atoms with Crippen molar-refractivity contribution in [2.24, 2.45) is 0 Å². The third-order valence-electron chi connectivity index (χ3n) is 4.15. The van der Waals surface area contributed by atoms with Gasteiger partial charge in [-0.1, -0.05) is 0 Å². The molecule has 0 spiro atoms. The van der Waals surface area contributed by atoms with Crippen LogP contribution in [0.3, 0.4) is 0 Å². The average molecular weight is 259 g/mol. The minimum Gasteiger partial charge on any atom is -0.376 e. The molecule has 1 aromatic carbocycles. The number of carbonyl (C=O) groups is 1. The fourth-order valence-corrected chi connectivity index (χ4v) is 3.12. The SMILES string of the molecule is CC(=O)c1ccc2c(c1)CCCN2CC1CCCO1. The lowest BCUT2D eigenvalue weighted by atomic mass is 9.97. The van der Waals surface area contributed by atoms with Crippen molar-refractivity contribution in [3.8, 4) is 0 Å². The lowest BCUT2D eigenvalue weighted by molar-refractivity contribution is 0.101. The van der Waals surface area contributed by atoms with E-state index in [1.165, 1.54) is 30.5 Å². The highest BCUT2D eigenvalue weighted by molar-refractivity contribution is 5.94. The highest BCUT2D eigenvalue weighted by atomic mass is 16.5. The van der Waals surface area contributed by atoms with Crippen LogP contribution in [0.1, 0.15) is 42.1 Å². The lowest BCUT2D eigenvalue weighted by Gasteiger charge is -2.33. The molecule has 0 aliphatic carbocycles. The van der Waals surface area contributed by atoms with E-state index in [4.69, 9.17) is 4.74 Å². The number of hydrogen-bond donors (Lipinski definition) is 0. The molecule has 0 bridgehead atoms. The predicted molar refractivity (Wildman–Crippen MR) is 76.0 cm³/mol. The number of ether oxygens (including phenoxy) is 1. The van der Waals surface area contributed by atoms with E-state index in [1.807, 2.05) is 6.07 Å². The van der Waals surface area contributed by atoms with Crippen molar-refractivity contribution in [2.75, 3.05) is 24.6 Å². The zero-order valence-electron chi connectivity index (χ0n) is 11.5. The zero-order valence-corrected chi connectivity index (χ0v) is 11.5. The summed E-state index contributed by atoms with van der Waals surface area (Å²) in [6.45, 7) is 4.64. The van der Waals surface area contributed by atoms with Crippen LogP contribution in [0.15, 0.2) is 18.2 Å². The first-order valence-electron chi connectivity index (χ1n) is 7.24. The number of anilines is 1. The summed E-state index contributed by atoms with van der Waals surface area (Å²) in [5.74, 6) is 0.152. The zero-order chi connectivity index (χ0) is 13.2. The molecule has 0 radical (unpaired) electrons. The van der Waals surface area contributed by atoms with Crippen molar-refractivity contribution in [3.63, 3.8) is 0 Å². The lowest BCUT2D eigenvalue weighted by Crippen LogP contribution is -2.36. The molecule has 1 atom stereocenters. The van der Waals surface area contributed by atoms with Crippen LogP contribution in [0, 0.1) is 0 Å². The van der Waals surface area contributed by atoms with Gasteiger partial charge in [0, 0.05) is 30.9 Å². The van der Waals surface area contributed by atoms with Gasteiger partial charge in [-0.25, -0.2) is 0 Å². The van der Waals surface area contributed by atoms with Gasteiger partial charge in [-0.3, -0.25) is 4.79 Å². The van der Waals surface area contributed by atoms with Gasteiger partial charge in [-0.15, -0.1) is 0 Å². The number of hydrogen-bond acceptors (Lipinski definition) is 3. The maximum absolute atomic E-state index is 11.5. The maximum atomic E-state index is 11.5. The van der Waals surface area contributed by atoms with Crippen LogP contribution in [0.4, 0.5) is 5.69 Å². The Labute approximate surface area is 114 Å². The first-order valence-corrected chi connectivity index (χ1v) is 7.24. The molecule has 3 heteroatoms. The topological polar surface area (TPSA) is 29.5 Å². The second kappa shape index (κ2) is 5.33. The summed E-state index contributed by atoms with van der Waals surface area (Å²) >= 11 is 0. The number of nitrogens with zero attached hydrogens (tertiary/aromatic N) is 1. The van der Waals surface area contributed by atoms with E-state index in [0.717, 1.165) is 31.7 Å². The van der Waals surface area contributed by atoms with Crippen molar-refractivity contribution in [2.45, 2.75) is 38.7 Å². The Bertz CT molecular complexity index is 478. The van der Waals surface area contributed by atoms with Crippen LogP contribution >= 0.6 is 0 Å². The molecule has 1 unspecified atom stereocenters. The summed E-state index contributed by atoms with van der Waals surface area (Å²) in [6, 6.07) is 6.13. The molecular formula is C16H21NO2. The van der Waals surface area contributed by atoms with Crippen LogP contribution in [-0.4, -0.2) is 31.6 Å². The van der Waals surface area contributed by atoms with E-state index < -0.39 is 0 Å². The van der Waals surface area contributed by atoms with Crippen molar-refractivity contribution < 1.29 is 9.53 Å². The Morgan fingerprint density at radius 2 is 2.32 bits per heavy atom. The van der Waals surface area contributed by atoms with Crippen LogP contribution in [0.25, 0.3) is 0 Å². The third kappa shape index (κ3) is 2.66. The van der Waals surface area contributed by atoms with Crippen LogP contribution in [-0.2, 0) is 11.2 Å². The fraction of sp³-hybridized carbons (Fsp3) is 0.562. The van der Waals surface area contributed by atoms with Crippen molar-refractivity contribution in [1.82, 2.24) is 0 Å². The van der Waals surface area contributed by atoms with Crippen LogP contribution < -0.4 is 4.90 Å². The van der Waals surface area contributed by atoms with Gasteiger partial charge >= 0.3 is 0 Å². The van der Waals surface area contributed by atoms with Gasteiger partial charge < -0.3 is 9.64 Å². The Hall–Kier alpha value is -1.35. The molecule has 102 valence electrons. The minimum atomic E-state index is 0.152. The number of Topliss-reactive ketones (excluding diaryl/α,β-unsaturated/α-hetero) is 1. The molecule has 1 fully saturated rings. The summed E-state index contributed by atoms with van der Waals surface area (Å²) in [7, 11) is 0. The van der Waals surface area contributed by atoms with Crippen molar-refractivity contribution in [3.05, 3.63) is 29.3 Å². The second-order valence-electron chi connectivity index (χ2n) is 5.58. The summed E-state index contributed by atoms with van der Waals surface area (Å²) < 4.78 is 5.74. The maximum Gasteiger partial charge on any atom is 0.159 e. The Morgan fingerprint density at radius 1 is 1.42 bits per heavy atom. The minimum absolute atomic E-state index is 0.152. The normalized spacial score (nSPS) is 22.4. The number of benzene rings is 1. The Kier molecular flexibility index (Phi) is 3.56. The summed E-state index contributed by atoms with van der Waals surface area (Å²) in [5, 5.41) is 0. The highest BCUT2D eigenvalue weighted by Gasteiger charge is 2.23. The van der Waals surface area contributed by atoms with E-state index in [1.54, 1.807) is 6.92 Å². The second-order valence-corrected chi connectivity index (χ2v) is 5.58. The molecule has 0 amide bonds. The van der Waals surface area contributed by atoms with Gasteiger partial charge in [-0.2, -0.15) is 0 Å². The highest BCUT2D eigenvalue weighted by Crippen LogP contribution is 2.29. The molecule has 1 saturated heterocycles. The van der Waals surface area contributed by atoms with Gasteiger partial charge in [0.1, 0.15) is 0 Å². The average Bonchev–Trinajstić information content (AvgIpc) is 2.91. The quantitative estimate of drug-likeness (QED) is 0.782. The van der Waals surface area contributed by atoms with Crippen LogP contribution in [0.5, 0.6) is 0 Å². The summed E-state index contributed by atoms with van der Waals surface area (Å²) in [5.41, 5.74) is 3.45. The predicted octanol–water partition coefficient (Wildman–Crippen LogP) is 2.82. The molecule has 19 heavy (non-hydrogen) atoms. The van der Waals surface area contributed by atoms with Gasteiger partial charge in [-0.05, 0) is 56.4 Å². The molecule has 3 rings (SSSR count). The number of rotatable bonds is 3. The van der Waals surface area contributed by atoms with Crippen molar-refractivity contribution >= 4 is 11.5 Å². The fourth-order valence-electron chi connectivity index (χ4n) is 3.12. The van der Waals surface area contributed by atoms with Gasteiger partial charge in [0.25, 0.3) is 0 Å². The Balaban J connectivity index is 1.81. The van der Waals surface area contributed by atoms with Gasteiger partial charge in [0.05, 0.1) is 6.10 Å². The monoisotopic (exact) mass is 259 g/mol. The molecule has 3 nitrogen and oxygen atoms in total. The van der Waals surface area contributed by atoms with Crippen LogP contribution in [0.2, 0.25) is 0 Å². The van der Waals surface area contributed by atoms with Gasteiger partial charge in [0.2, 0.25) is 0 Å². The summed E-state index contributed by atoms with van der Waals surface area (Å²) in [6.07, 6.45) is 5.00. The van der Waals surface area contributed by atoms with E-state index in [0.29, 0.717) is 6.10 Å². The number of fused-ring (bicyclic) bond motifs is 1. The molecule has 2 heterocycles. The largest absolute Gasteiger partial charge is 0.376 e. The first-order chi connectivity index (χ1) is 9.24. The summed E-state index contributed by atoms with van der Waals surface area (Å²) in [4.78, 5) is 13.9. The smallest absolute Gasteiger partial charge is 0.159 e. The molecule has 2 aliphatic rings. The van der Waals surface area contributed by atoms with E-state index in [-0.39, 0.29) is 5.78 Å². The van der Waals surface area contributed by atoms with E-state index >= 15 is 0 Å². The molecule has 0 N–H and O–H groups in total. The number of ketones is 1. The van der Waals surface area contributed by atoms with Gasteiger partial charge in [0.15, 0.2) is 5.78 Å². The molecule has 0 saturated carbocycles. The molecular weight excluding hydrogens is 238 g/mol. The Morgan fingerprint density at radius 3 is 3.05 bits per heavy atom. The molecule has 1 aromatic rings. The molecule has 0 aromatic heterocycles. The molecule has 2 aliphatic heterocycles. The standard InChI is InChI=1S/C16H21NO2/c1-12(18)13-6-7-16-14(10-13)4-2-8-17(16)11-15-5-3-9-19-15/h6-7,10,15H,2-5,8-9,11H2,1H3. The van der Waals surface area contributed by atoms with E-state index in [2.05, 4.69) is 17.0 Å². The van der Waals surface area contributed by atoms with Crippen molar-refractivity contribution in [1.29, 1.82) is 0 Å². The van der Waals surface area contributed by atoms with E-state index in [9.17, 15) is 4.79 Å². The number of aryl methyl sites for hydroxylation is 1.